The maximum Gasteiger partial charge on any atom is 0.250 e. The molecule has 0 heterocycles. The lowest BCUT2D eigenvalue weighted by molar-refractivity contribution is -0.126. The van der Waals surface area contributed by atoms with E-state index in [1.807, 2.05) is 6.92 Å². The lowest BCUT2D eigenvalue weighted by Gasteiger charge is -2.25. The Bertz CT molecular complexity index is 180. The van der Waals surface area contributed by atoms with Crippen molar-refractivity contribution < 1.29 is 4.79 Å². The van der Waals surface area contributed by atoms with Gasteiger partial charge < -0.3 is 0 Å². The van der Waals surface area contributed by atoms with Gasteiger partial charge in [-0.2, -0.15) is 0 Å². The summed E-state index contributed by atoms with van der Waals surface area (Å²) in [6, 6.07) is -0.101. The zero-order chi connectivity index (χ0) is 9.84. The molecule has 1 aliphatic rings. The van der Waals surface area contributed by atoms with Crippen LogP contribution in [0, 0.1) is 5.92 Å². The first-order valence-electron chi connectivity index (χ1n) is 4.93. The molecule has 1 saturated carbocycles. The van der Waals surface area contributed by atoms with Gasteiger partial charge in [-0.05, 0) is 32.2 Å². The van der Waals surface area contributed by atoms with E-state index in [-0.39, 0.29) is 11.9 Å². The van der Waals surface area contributed by atoms with Gasteiger partial charge in [-0.1, -0.05) is 6.92 Å². The van der Waals surface area contributed by atoms with E-state index in [2.05, 4.69) is 17.2 Å². The van der Waals surface area contributed by atoms with Crippen LogP contribution in [0.4, 0.5) is 0 Å². The third-order valence-corrected chi connectivity index (χ3v) is 2.67. The molecule has 1 fully saturated rings. The molecule has 0 bridgehead atoms. The summed E-state index contributed by atoms with van der Waals surface area (Å²) in [7, 11) is 0. The standard InChI is InChI=1S/C9H19N3O/c1-3-12(6-8-4-5-8)7(2)9(13)11-10/h7-8H,3-6,10H2,1-2H3,(H,11,13). The molecule has 0 aliphatic heterocycles. The van der Waals surface area contributed by atoms with Crippen molar-refractivity contribution in [2.75, 3.05) is 13.1 Å². The third kappa shape index (κ3) is 2.97. The Morgan fingerprint density at radius 1 is 1.69 bits per heavy atom. The highest BCUT2D eigenvalue weighted by atomic mass is 16.2. The Hall–Kier alpha value is -0.610. The van der Waals surface area contributed by atoms with Crippen molar-refractivity contribution in [3.8, 4) is 0 Å². The summed E-state index contributed by atoms with van der Waals surface area (Å²) in [4.78, 5) is 13.4. The smallest absolute Gasteiger partial charge is 0.250 e. The summed E-state index contributed by atoms with van der Waals surface area (Å²) in [6.45, 7) is 5.91. The van der Waals surface area contributed by atoms with E-state index in [9.17, 15) is 4.79 Å². The highest BCUT2D eigenvalue weighted by molar-refractivity contribution is 5.80. The molecule has 3 N–H and O–H groups in total. The van der Waals surface area contributed by atoms with Crippen LogP contribution >= 0.6 is 0 Å². The molecule has 1 aliphatic carbocycles. The van der Waals surface area contributed by atoms with Crippen LogP contribution < -0.4 is 11.3 Å². The van der Waals surface area contributed by atoms with Crippen molar-refractivity contribution in [2.45, 2.75) is 32.7 Å². The summed E-state index contributed by atoms with van der Waals surface area (Å²) in [5, 5.41) is 0. The van der Waals surface area contributed by atoms with Crippen molar-refractivity contribution in [3.05, 3.63) is 0 Å². The maximum atomic E-state index is 11.2. The Labute approximate surface area is 79.4 Å². The summed E-state index contributed by atoms with van der Waals surface area (Å²) in [5.41, 5.74) is 2.19. The first-order valence-corrected chi connectivity index (χ1v) is 4.93. The van der Waals surface area contributed by atoms with Gasteiger partial charge in [0, 0.05) is 6.54 Å². The fourth-order valence-corrected chi connectivity index (χ4v) is 1.48. The Kier molecular flexibility index (Phi) is 3.69. The quantitative estimate of drug-likeness (QED) is 0.363. The maximum absolute atomic E-state index is 11.2. The molecule has 1 atom stereocenters. The zero-order valence-electron chi connectivity index (χ0n) is 8.42. The Morgan fingerprint density at radius 2 is 2.31 bits per heavy atom. The number of likely N-dealkylation sites (N-methyl/N-ethyl adjacent to an activating group) is 1. The van der Waals surface area contributed by atoms with Crippen LogP contribution in [0.2, 0.25) is 0 Å². The predicted molar refractivity (Wildman–Crippen MR) is 51.8 cm³/mol. The zero-order valence-corrected chi connectivity index (χ0v) is 8.42. The second-order valence-corrected chi connectivity index (χ2v) is 3.72. The molecule has 13 heavy (non-hydrogen) atoms. The van der Waals surface area contributed by atoms with Gasteiger partial charge in [0.05, 0.1) is 6.04 Å². The van der Waals surface area contributed by atoms with Gasteiger partial charge in [0.25, 0.3) is 5.91 Å². The summed E-state index contributed by atoms with van der Waals surface area (Å²) in [5.74, 6) is 5.80. The van der Waals surface area contributed by atoms with E-state index in [1.165, 1.54) is 12.8 Å². The van der Waals surface area contributed by atoms with Crippen molar-refractivity contribution in [2.24, 2.45) is 11.8 Å². The van der Waals surface area contributed by atoms with Gasteiger partial charge in [-0.15, -0.1) is 0 Å². The Morgan fingerprint density at radius 3 is 2.69 bits per heavy atom. The fourth-order valence-electron chi connectivity index (χ4n) is 1.48. The minimum Gasteiger partial charge on any atom is -0.293 e. The third-order valence-electron chi connectivity index (χ3n) is 2.67. The number of amides is 1. The van der Waals surface area contributed by atoms with Crippen molar-refractivity contribution in [1.82, 2.24) is 10.3 Å². The number of carbonyl (C=O) groups excluding carboxylic acids is 1. The molecule has 0 radical (unpaired) electrons. The normalized spacial score (nSPS) is 18.8. The topological polar surface area (TPSA) is 58.4 Å². The highest BCUT2D eigenvalue weighted by Crippen LogP contribution is 2.30. The highest BCUT2D eigenvalue weighted by Gasteiger charge is 2.27. The molecular weight excluding hydrogens is 166 g/mol. The summed E-state index contributed by atoms with van der Waals surface area (Å²) < 4.78 is 0. The van der Waals surface area contributed by atoms with Crippen LogP contribution in [0.1, 0.15) is 26.7 Å². The van der Waals surface area contributed by atoms with Crippen LogP contribution in [0.5, 0.6) is 0 Å². The molecule has 1 amide bonds. The van der Waals surface area contributed by atoms with Gasteiger partial charge >= 0.3 is 0 Å². The van der Waals surface area contributed by atoms with Gasteiger partial charge in [0.2, 0.25) is 0 Å². The molecule has 4 heteroatoms. The number of nitrogens with zero attached hydrogens (tertiary/aromatic N) is 1. The molecular formula is C9H19N3O. The monoisotopic (exact) mass is 185 g/mol. The predicted octanol–water partition coefficient (Wildman–Crippen LogP) is 0.0967. The van der Waals surface area contributed by atoms with E-state index in [1.54, 1.807) is 0 Å². The minimum absolute atomic E-state index is 0.0949. The van der Waals surface area contributed by atoms with E-state index in [0.717, 1.165) is 19.0 Å². The summed E-state index contributed by atoms with van der Waals surface area (Å²) >= 11 is 0. The van der Waals surface area contributed by atoms with Crippen LogP contribution in [-0.2, 0) is 4.79 Å². The second-order valence-electron chi connectivity index (χ2n) is 3.72. The van der Waals surface area contributed by atoms with Crippen molar-refractivity contribution in [3.63, 3.8) is 0 Å². The van der Waals surface area contributed by atoms with Crippen LogP contribution in [0.3, 0.4) is 0 Å². The molecule has 0 aromatic carbocycles. The van der Waals surface area contributed by atoms with Gasteiger partial charge in [-0.25, -0.2) is 5.84 Å². The number of carbonyl (C=O) groups is 1. The molecule has 1 rings (SSSR count). The average Bonchev–Trinajstić information content (AvgIpc) is 2.95. The largest absolute Gasteiger partial charge is 0.293 e. The minimum atomic E-state index is -0.101. The van der Waals surface area contributed by atoms with Gasteiger partial charge in [0.15, 0.2) is 0 Å². The first-order chi connectivity index (χ1) is 6.19. The molecule has 0 aromatic heterocycles. The number of nitrogens with two attached hydrogens (primary N) is 1. The van der Waals surface area contributed by atoms with E-state index >= 15 is 0 Å². The second kappa shape index (κ2) is 4.58. The molecule has 1 unspecified atom stereocenters. The molecule has 4 nitrogen and oxygen atoms in total. The number of hydrazine groups is 1. The van der Waals surface area contributed by atoms with Crippen molar-refractivity contribution in [1.29, 1.82) is 0 Å². The van der Waals surface area contributed by atoms with E-state index in [0.29, 0.717) is 0 Å². The van der Waals surface area contributed by atoms with Crippen LogP contribution in [-0.4, -0.2) is 29.9 Å². The Balaban J connectivity index is 2.38. The number of nitrogens with one attached hydrogen (secondary N) is 1. The first kappa shape index (κ1) is 10.5. The van der Waals surface area contributed by atoms with Gasteiger partial charge in [0.1, 0.15) is 0 Å². The van der Waals surface area contributed by atoms with E-state index < -0.39 is 0 Å². The van der Waals surface area contributed by atoms with E-state index in [4.69, 9.17) is 5.84 Å². The molecule has 0 spiro atoms. The van der Waals surface area contributed by atoms with Crippen LogP contribution in [0.15, 0.2) is 0 Å². The lowest BCUT2D eigenvalue weighted by atomic mass is 10.2. The average molecular weight is 185 g/mol. The fraction of sp³-hybridized carbons (Fsp3) is 0.889. The number of hydrogen-bond acceptors (Lipinski definition) is 3. The molecule has 0 aromatic rings. The van der Waals surface area contributed by atoms with Crippen molar-refractivity contribution >= 4 is 5.91 Å². The number of hydrogen-bond donors (Lipinski definition) is 2. The molecule has 0 saturated heterocycles. The lowest BCUT2D eigenvalue weighted by Crippen LogP contribution is -2.48. The number of rotatable bonds is 5. The molecule has 76 valence electrons. The summed E-state index contributed by atoms with van der Waals surface area (Å²) in [6.07, 6.45) is 2.63. The van der Waals surface area contributed by atoms with Gasteiger partial charge in [-0.3, -0.25) is 15.1 Å². The van der Waals surface area contributed by atoms with Crippen LogP contribution in [0.25, 0.3) is 0 Å². The SMILES string of the molecule is CCN(CC1CC1)C(C)C(=O)NN.